The zero-order valence-corrected chi connectivity index (χ0v) is 15.5. The van der Waals surface area contributed by atoms with Crippen molar-refractivity contribution in [2.24, 2.45) is 0 Å². The van der Waals surface area contributed by atoms with Crippen molar-refractivity contribution in [1.82, 2.24) is 4.31 Å². The van der Waals surface area contributed by atoms with Crippen molar-refractivity contribution in [2.75, 3.05) is 21.3 Å². The lowest BCUT2D eigenvalue weighted by molar-refractivity contribution is 0.336. The molecule has 0 fully saturated rings. The minimum absolute atomic E-state index is 0.150. The second-order valence-electron chi connectivity index (χ2n) is 6.14. The van der Waals surface area contributed by atoms with Crippen LogP contribution in [0.5, 0.6) is 11.5 Å². The Hall–Kier alpha value is -2.05. The first-order valence-electron chi connectivity index (χ1n) is 8.27. The molecule has 3 rings (SSSR count). The Morgan fingerprint density at radius 1 is 1.04 bits per heavy atom. The molecule has 1 atom stereocenters. The molecule has 0 aliphatic heterocycles. The topological polar surface area (TPSA) is 55.8 Å². The van der Waals surface area contributed by atoms with Crippen LogP contribution in [-0.4, -0.2) is 34.0 Å². The van der Waals surface area contributed by atoms with Crippen molar-refractivity contribution >= 4 is 10.0 Å². The molecular weight excluding hydrogens is 338 g/mol. The van der Waals surface area contributed by atoms with Crippen LogP contribution in [0.3, 0.4) is 0 Å². The first kappa shape index (κ1) is 17.8. The molecule has 1 unspecified atom stereocenters. The average molecular weight is 361 g/mol. The van der Waals surface area contributed by atoms with Crippen molar-refractivity contribution in [3.8, 4) is 11.5 Å². The molecule has 0 saturated heterocycles. The monoisotopic (exact) mass is 361 g/mol. The molecule has 6 heteroatoms. The molecule has 2 aromatic rings. The van der Waals surface area contributed by atoms with Gasteiger partial charge in [0.1, 0.15) is 0 Å². The van der Waals surface area contributed by atoms with E-state index in [2.05, 4.69) is 6.07 Å². The number of hydrogen-bond acceptors (Lipinski definition) is 4. The van der Waals surface area contributed by atoms with Gasteiger partial charge >= 0.3 is 0 Å². The molecular formula is C19H23NO4S. The van der Waals surface area contributed by atoms with Gasteiger partial charge in [0.15, 0.2) is 11.5 Å². The van der Waals surface area contributed by atoms with E-state index in [0.717, 1.165) is 24.8 Å². The van der Waals surface area contributed by atoms with Gasteiger partial charge in [-0.3, -0.25) is 0 Å². The maximum atomic E-state index is 13.1. The van der Waals surface area contributed by atoms with Crippen molar-refractivity contribution in [1.29, 1.82) is 0 Å². The van der Waals surface area contributed by atoms with E-state index in [1.165, 1.54) is 30.2 Å². The number of rotatable bonds is 5. The highest BCUT2D eigenvalue weighted by Crippen LogP contribution is 2.37. The number of sulfonamides is 1. The Morgan fingerprint density at radius 3 is 2.48 bits per heavy atom. The van der Waals surface area contributed by atoms with E-state index in [4.69, 9.17) is 9.47 Å². The number of fused-ring (bicyclic) bond motifs is 1. The SMILES string of the molecule is COc1ccc(S(=O)(=O)N(C)C2CCCc3ccccc32)cc1OC. The summed E-state index contributed by atoms with van der Waals surface area (Å²) >= 11 is 0. The van der Waals surface area contributed by atoms with Gasteiger partial charge in [-0.1, -0.05) is 24.3 Å². The summed E-state index contributed by atoms with van der Waals surface area (Å²) in [6.07, 6.45) is 2.80. The normalized spacial score (nSPS) is 17.2. The predicted molar refractivity (Wildman–Crippen MR) is 96.6 cm³/mol. The summed E-state index contributed by atoms with van der Waals surface area (Å²) in [5, 5.41) is 0. The maximum absolute atomic E-state index is 13.1. The van der Waals surface area contributed by atoms with Crippen molar-refractivity contribution in [3.63, 3.8) is 0 Å². The van der Waals surface area contributed by atoms with Gasteiger partial charge in [0.2, 0.25) is 10.0 Å². The summed E-state index contributed by atoms with van der Waals surface area (Å²) in [6.45, 7) is 0. The fourth-order valence-corrected chi connectivity index (χ4v) is 4.80. The quantitative estimate of drug-likeness (QED) is 0.819. The van der Waals surface area contributed by atoms with Crippen molar-refractivity contribution < 1.29 is 17.9 Å². The first-order valence-corrected chi connectivity index (χ1v) is 9.71. The summed E-state index contributed by atoms with van der Waals surface area (Å²) in [7, 11) is 1.03. The Bertz CT molecular complexity index is 863. The lowest BCUT2D eigenvalue weighted by atomic mass is 9.88. The third-order valence-corrected chi connectivity index (χ3v) is 6.67. The van der Waals surface area contributed by atoms with E-state index in [9.17, 15) is 8.42 Å². The molecule has 0 N–H and O–H groups in total. The lowest BCUT2D eigenvalue weighted by Gasteiger charge is -2.32. The molecule has 0 heterocycles. The molecule has 0 radical (unpaired) electrons. The Labute approximate surface area is 149 Å². The van der Waals surface area contributed by atoms with Gasteiger partial charge in [-0.25, -0.2) is 8.42 Å². The van der Waals surface area contributed by atoms with Gasteiger partial charge < -0.3 is 9.47 Å². The largest absolute Gasteiger partial charge is 0.493 e. The van der Waals surface area contributed by atoms with E-state index < -0.39 is 10.0 Å². The van der Waals surface area contributed by atoms with Crippen LogP contribution in [0.4, 0.5) is 0 Å². The van der Waals surface area contributed by atoms with E-state index in [-0.39, 0.29) is 10.9 Å². The number of benzene rings is 2. The Kier molecular flexibility index (Phi) is 5.01. The van der Waals surface area contributed by atoms with Crippen LogP contribution in [-0.2, 0) is 16.4 Å². The van der Waals surface area contributed by atoms with Gasteiger partial charge in [-0.15, -0.1) is 0 Å². The van der Waals surface area contributed by atoms with E-state index in [0.29, 0.717) is 11.5 Å². The number of ether oxygens (including phenoxy) is 2. The van der Waals surface area contributed by atoms with Crippen LogP contribution < -0.4 is 9.47 Å². The number of nitrogens with zero attached hydrogens (tertiary/aromatic N) is 1. The minimum Gasteiger partial charge on any atom is -0.493 e. The zero-order valence-electron chi connectivity index (χ0n) is 14.7. The second-order valence-corrected chi connectivity index (χ2v) is 8.14. The maximum Gasteiger partial charge on any atom is 0.243 e. The first-order chi connectivity index (χ1) is 12.0. The number of hydrogen-bond donors (Lipinski definition) is 0. The van der Waals surface area contributed by atoms with Crippen molar-refractivity contribution in [3.05, 3.63) is 53.6 Å². The number of methoxy groups -OCH3 is 2. The van der Waals surface area contributed by atoms with Gasteiger partial charge in [-0.2, -0.15) is 4.31 Å². The van der Waals surface area contributed by atoms with E-state index in [1.807, 2.05) is 18.2 Å². The van der Waals surface area contributed by atoms with Crippen LogP contribution in [0.1, 0.15) is 30.0 Å². The van der Waals surface area contributed by atoms with Crippen LogP contribution in [0.2, 0.25) is 0 Å². The molecule has 2 aromatic carbocycles. The summed E-state index contributed by atoms with van der Waals surface area (Å²) < 4.78 is 38.2. The summed E-state index contributed by atoms with van der Waals surface area (Å²) in [6, 6.07) is 12.6. The minimum atomic E-state index is -3.64. The fourth-order valence-electron chi connectivity index (χ4n) is 3.42. The molecule has 1 aliphatic rings. The Balaban J connectivity index is 1.98. The standard InChI is InChI=1S/C19H23NO4S/c1-20(17-10-6-8-14-7-4-5-9-16(14)17)25(21,22)15-11-12-18(23-2)19(13-15)24-3/h4-5,7,9,11-13,17H,6,8,10H2,1-3H3. The molecule has 25 heavy (non-hydrogen) atoms. The van der Waals surface area contributed by atoms with Gasteiger partial charge in [0.25, 0.3) is 0 Å². The average Bonchev–Trinajstić information content (AvgIpc) is 2.66. The second kappa shape index (κ2) is 7.06. The van der Waals surface area contributed by atoms with Crippen LogP contribution in [0, 0.1) is 0 Å². The smallest absolute Gasteiger partial charge is 0.243 e. The molecule has 0 saturated carbocycles. The molecule has 0 bridgehead atoms. The van der Waals surface area contributed by atoms with E-state index in [1.54, 1.807) is 19.2 Å². The van der Waals surface area contributed by atoms with Crippen LogP contribution in [0.15, 0.2) is 47.4 Å². The predicted octanol–water partition coefficient (Wildman–Crippen LogP) is 3.40. The molecule has 0 spiro atoms. The lowest BCUT2D eigenvalue weighted by Crippen LogP contribution is -2.33. The summed E-state index contributed by atoms with van der Waals surface area (Å²) in [4.78, 5) is 0.204. The van der Waals surface area contributed by atoms with Crippen LogP contribution >= 0.6 is 0 Å². The highest BCUT2D eigenvalue weighted by atomic mass is 32.2. The highest BCUT2D eigenvalue weighted by molar-refractivity contribution is 7.89. The number of aryl methyl sites for hydroxylation is 1. The summed E-state index contributed by atoms with van der Waals surface area (Å²) in [5.41, 5.74) is 2.33. The highest BCUT2D eigenvalue weighted by Gasteiger charge is 2.32. The fraction of sp³-hybridized carbons (Fsp3) is 0.368. The van der Waals surface area contributed by atoms with E-state index >= 15 is 0 Å². The molecule has 5 nitrogen and oxygen atoms in total. The Morgan fingerprint density at radius 2 is 1.76 bits per heavy atom. The molecule has 0 aromatic heterocycles. The molecule has 134 valence electrons. The summed E-state index contributed by atoms with van der Waals surface area (Å²) in [5.74, 6) is 0.910. The van der Waals surface area contributed by atoms with Gasteiger partial charge in [-0.05, 0) is 42.5 Å². The third kappa shape index (κ3) is 3.24. The zero-order chi connectivity index (χ0) is 18.0. The van der Waals surface area contributed by atoms with Gasteiger partial charge in [0.05, 0.1) is 19.1 Å². The third-order valence-electron chi connectivity index (χ3n) is 4.81. The van der Waals surface area contributed by atoms with Gasteiger partial charge in [0, 0.05) is 19.2 Å². The van der Waals surface area contributed by atoms with Crippen molar-refractivity contribution in [2.45, 2.75) is 30.2 Å². The molecule has 0 amide bonds. The molecule has 1 aliphatic carbocycles. The van der Waals surface area contributed by atoms with Crippen LogP contribution in [0.25, 0.3) is 0 Å².